The molecule has 2 heterocycles. The Morgan fingerprint density at radius 3 is 1.04 bits per heavy atom. The topological polar surface area (TPSA) is 415 Å². The number of anilines is 1. The SMILES string of the molecule is CC(C)(C)[Si](C)(C)Oc1ccc(N(O)O)c(F)c1.COc1c2nc3ccc(C)cc3oc-2c(C)c(=O)c1OC.COc1c2nc3ccc(C)cc3oc-2c(C)c(=O)c1OC.Cc1c(O)c(OCc2ccccc2)c(CO)c(CO)c1OCc1ccccc1.Cc1c(O)c(OCc2ccccc2)c(CO)c(CO)c1OCc1ccccc1.Cc1cc(O)c(CO)c(CO)c1O. The molecule has 0 bridgehead atoms. The number of aryl methyl sites for hydroxylation is 3. The third kappa shape index (κ3) is 23.6. The van der Waals surface area contributed by atoms with Crippen molar-refractivity contribution in [2.45, 2.75) is 153 Å². The van der Waals surface area contributed by atoms with Gasteiger partial charge in [-0.2, -0.15) is 0 Å². The van der Waals surface area contributed by atoms with Crippen molar-refractivity contribution in [3.05, 3.63) is 303 Å². The smallest absolute Gasteiger partial charge is 0.250 e. The van der Waals surface area contributed by atoms with Gasteiger partial charge in [0.15, 0.2) is 74.4 Å². The Kier molecular flexibility index (Phi) is 34.8. The molecule has 129 heavy (non-hydrogen) atoms. The van der Waals surface area contributed by atoms with Gasteiger partial charge < -0.3 is 102 Å². The van der Waals surface area contributed by atoms with E-state index in [0.717, 1.165) is 39.4 Å². The number of phenolic OH excluding ortho intramolecular Hbond substituents is 2. The van der Waals surface area contributed by atoms with Crippen LogP contribution in [-0.2, 0) is 66.1 Å². The number of methoxy groups -OCH3 is 4. The van der Waals surface area contributed by atoms with E-state index in [-0.39, 0.29) is 124 Å². The minimum atomic E-state index is -2.02. The van der Waals surface area contributed by atoms with Crippen molar-refractivity contribution in [2.75, 3.05) is 33.7 Å². The van der Waals surface area contributed by atoms with Crippen molar-refractivity contribution in [3.8, 4) is 97.7 Å². The third-order valence-corrected chi connectivity index (χ3v) is 25.8. The summed E-state index contributed by atoms with van der Waals surface area (Å²) in [6, 6.07) is 55.0. The third-order valence-electron chi connectivity index (χ3n) is 21.5. The van der Waals surface area contributed by atoms with Gasteiger partial charge in [-0.3, -0.25) is 20.0 Å². The fourth-order valence-electron chi connectivity index (χ4n) is 13.3. The highest BCUT2D eigenvalue weighted by Crippen LogP contribution is 2.48. The fraction of sp³-hybridized carbons (Fsp3) is 0.273. The van der Waals surface area contributed by atoms with E-state index in [4.69, 9.17) is 71.8 Å². The number of halogens is 1. The van der Waals surface area contributed by atoms with Crippen molar-refractivity contribution in [3.63, 3.8) is 0 Å². The number of aliphatic hydroxyl groups excluding tert-OH is 6. The second kappa shape index (κ2) is 45.3. The minimum absolute atomic E-state index is 0.0160. The second-order valence-electron chi connectivity index (χ2n) is 31.3. The molecule has 14 rings (SSSR count). The standard InChI is InChI=1S/2C23H24O5.2C16H15NO4.C12H20FNO3Si.C9H12O4/c2*1-16-21(26)23(28-15-18-10-6-3-7-11-18)20(13-25)19(12-24)22(16)27-14-17-8-4-2-5-9-17;2*1-8-5-6-10-11(7-8)21-14-9(2)13(18)16(20-4)15(19-3)12(14)17-10;1-12(2,3)18(4,5)17-9-6-7-11(14(15)16)10(13)8-9;1-5-2-8(12)6(3-10)7(4-11)9(5)13/h2*2-11,24-26H,12-15H2,1H3;2*5-7H,1-4H3;6-8,15-16H,1-5H3;2,10-13H,3-4H2,1H3. The molecule has 10 aromatic rings. The molecule has 2 aliphatic heterocycles. The number of aromatic hydroxyl groups is 4. The normalized spacial score (nSPS) is 11.0. The summed E-state index contributed by atoms with van der Waals surface area (Å²) in [5, 5.41) is 115. The Morgan fingerprint density at radius 2 is 0.729 bits per heavy atom. The molecule has 4 aliphatic rings. The number of fused-ring (bicyclic) bond motifs is 4. The Morgan fingerprint density at radius 1 is 0.395 bits per heavy atom. The van der Waals surface area contributed by atoms with Crippen LogP contribution in [0.25, 0.3) is 45.1 Å². The maximum atomic E-state index is 13.5. The fourth-order valence-corrected chi connectivity index (χ4v) is 14.3. The summed E-state index contributed by atoms with van der Waals surface area (Å²) in [4.78, 5) is 33.7. The highest BCUT2D eigenvalue weighted by atomic mass is 28.4. The van der Waals surface area contributed by atoms with E-state index in [1.54, 1.807) is 34.6 Å². The van der Waals surface area contributed by atoms with Gasteiger partial charge in [0.05, 0.1) is 68.1 Å². The number of benzene rings is 12. The summed E-state index contributed by atoms with van der Waals surface area (Å²) in [6.07, 6.45) is 0. The second-order valence-corrected chi connectivity index (χ2v) is 36.0. The Balaban J connectivity index is 0.000000177. The van der Waals surface area contributed by atoms with Gasteiger partial charge in [0.25, 0.3) is 0 Å². The van der Waals surface area contributed by atoms with Crippen LogP contribution in [0.15, 0.2) is 200 Å². The molecule has 10 aromatic carbocycles. The van der Waals surface area contributed by atoms with E-state index in [2.05, 4.69) is 43.8 Å². The highest BCUT2D eigenvalue weighted by Gasteiger charge is 2.39. The van der Waals surface area contributed by atoms with Gasteiger partial charge in [0.1, 0.15) is 71.9 Å². The molecule has 0 saturated carbocycles. The minimum Gasteiger partial charge on any atom is -0.543 e. The lowest BCUT2D eigenvalue weighted by Gasteiger charge is -2.36. The van der Waals surface area contributed by atoms with Crippen LogP contribution in [0.1, 0.15) is 115 Å². The van der Waals surface area contributed by atoms with Crippen LogP contribution in [0, 0.1) is 54.3 Å². The zero-order valence-corrected chi connectivity index (χ0v) is 75.8. The van der Waals surface area contributed by atoms with Gasteiger partial charge in [-0.15, -0.1) is 5.23 Å². The predicted molar refractivity (Wildman–Crippen MR) is 488 cm³/mol. The summed E-state index contributed by atoms with van der Waals surface area (Å²) in [6.45, 7) is 21.5. The Hall–Kier alpha value is -13.5. The molecular weight excluding hydrogens is 1680 g/mol. The molecule has 2 aliphatic carbocycles. The maximum Gasteiger partial charge on any atom is 0.250 e. The van der Waals surface area contributed by atoms with Gasteiger partial charge in [0, 0.05) is 61.7 Å². The number of phenols is 4. The molecule has 0 unspecified atom stereocenters. The highest BCUT2D eigenvalue weighted by molar-refractivity contribution is 6.74. The first-order chi connectivity index (χ1) is 61.6. The van der Waals surface area contributed by atoms with Gasteiger partial charge in [0.2, 0.25) is 30.7 Å². The number of nitrogens with zero attached hydrogens (tertiary/aromatic N) is 3. The average Bonchev–Trinajstić information content (AvgIpc) is 0.750. The van der Waals surface area contributed by atoms with Crippen LogP contribution in [0.3, 0.4) is 0 Å². The molecule has 0 fully saturated rings. The molecule has 682 valence electrons. The Labute approximate surface area is 747 Å². The molecule has 0 spiro atoms. The van der Waals surface area contributed by atoms with E-state index in [0.29, 0.717) is 124 Å². The summed E-state index contributed by atoms with van der Waals surface area (Å²) < 4.78 is 75.6. The van der Waals surface area contributed by atoms with Crippen LogP contribution in [0.2, 0.25) is 18.1 Å². The van der Waals surface area contributed by atoms with Crippen molar-refractivity contribution in [2.24, 2.45) is 0 Å². The van der Waals surface area contributed by atoms with Crippen LogP contribution in [0.5, 0.6) is 74.7 Å². The van der Waals surface area contributed by atoms with Gasteiger partial charge >= 0.3 is 0 Å². The number of hydrogen-bond acceptors (Lipinski definition) is 28. The molecular formula is C99H110FN3O25Si. The summed E-state index contributed by atoms with van der Waals surface area (Å²) >= 11 is 0. The van der Waals surface area contributed by atoms with Crippen LogP contribution >= 0.6 is 0 Å². The maximum absolute atomic E-state index is 13.5. The number of aromatic nitrogens is 2. The van der Waals surface area contributed by atoms with E-state index in [1.165, 1.54) is 46.6 Å². The lowest BCUT2D eigenvalue weighted by atomic mass is 10.0. The molecule has 30 heteroatoms. The molecule has 28 nitrogen and oxygen atoms in total. The quantitative estimate of drug-likeness (QED) is 0.0109. The molecule has 0 atom stereocenters. The number of rotatable bonds is 25. The van der Waals surface area contributed by atoms with Gasteiger partial charge in [-0.1, -0.05) is 154 Å². The van der Waals surface area contributed by atoms with Crippen LogP contribution in [0.4, 0.5) is 10.1 Å². The lowest BCUT2D eigenvalue weighted by Crippen LogP contribution is -2.43. The number of ether oxygens (including phenoxy) is 8. The largest absolute Gasteiger partial charge is 0.543 e. The zero-order valence-electron chi connectivity index (χ0n) is 74.8. The first-order valence-electron chi connectivity index (χ1n) is 40.8. The molecule has 0 amide bonds. The predicted octanol–water partition coefficient (Wildman–Crippen LogP) is 17.7. The van der Waals surface area contributed by atoms with Crippen molar-refractivity contribution in [1.29, 1.82) is 0 Å². The molecule has 12 N–H and O–H groups in total. The van der Waals surface area contributed by atoms with Crippen molar-refractivity contribution < 1.29 is 117 Å². The lowest BCUT2D eigenvalue weighted by molar-refractivity contribution is 0.0272. The van der Waals surface area contributed by atoms with E-state index >= 15 is 0 Å². The van der Waals surface area contributed by atoms with Crippen molar-refractivity contribution >= 4 is 36.2 Å². The Bertz CT molecular complexity index is 5740. The monoisotopic (exact) mass is 1790 g/mol. The first-order valence-corrected chi connectivity index (χ1v) is 43.7. The van der Waals surface area contributed by atoms with Crippen molar-refractivity contribution in [1.82, 2.24) is 9.97 Å². The van der Waals surface area contributed by atoms with Crippen LogP contribution < -0.4 is 58.4 Å². The first kappa shape index (κ1) is 99.2. The molecule has 0 saturated heterocycles. The van der Waals surface area contributed by atoms with Gasteiger partial charge in [-0.05, 0) is 148 Å². The summed E-state index contributed by atoms with van der Waals surface area (Å²) in [7, 11) is 3.81. The number of hydrogen-bond donors (Lipinski definition) is 12. The van der Waals surface area contributed by atoms with Gasteiger partial charge in [-0.25, -0.2) is 14.4 Å². The average molecular weight is 1790 g/mol. The van der Waals surface area contributed by atoms with Crippen LogP contribution in [-0.4, -0.2) is 108 Å². The summed E-state index contributed by atoms with van der Waals surface area (Å²) in [5.41, 5.74) is 12.9. The van der Waals surface area contributed by atoms with E-state index in [9.17, 15) is 54.8 Å². The van der Waals surface area contributed by atoms with E-state index < -0.39 is 40.6 Å². The zero-order chi connectivity index (χ0) is 94.3. The summed E-state index contributed by atoms with van der Waals surface area (Å²) in [5.74, 6) is 2.09. The molecule has 0 radical (unpaired) electrons. The molecule has 0 aromatic heterocycles. The van der Waals surface area contributed by atoms with E-state index in [1.807, 2.05) is 172 Å². The number of aliphatic hydroxyl groups is 6.